The number of imidazole rings is 1. The largest absolute Gasteiger partial charge is 0.368 e. The summed E-state index contributed by atoms with van der Waals surface area (Å²) in [5.74, 6) is 0. The summed E-state index contributed by atoms with van der Waals surface area (Å²) in [6.45, 7) is 0. The predicted octanol–water partition coefficient (Wildman–Crippen LogP) is 3.18. The minimum Gasteiger partial charge on any atom is -0.368 e. The van der Waals surface area contributed by atoms with Gasteiger partial charge < -0.3 is 9.55 Å². The van der Waals surface area contributed by atoms with Gasteiger partial charge in [-0.15, -0.1) is 11.6 Å². The molecule has 1 aliphatic carbocycles. The van der Waals surface area contributed by atoms with Crippen LogP contribution < -0.4 is 4.57 Å². The Morgan fingerprint density at radius 3 is 3.00 bits per heavy atom. The second-order valence-electron chi connectivity index (χ2n) is 5.72. The van der Waals surface area contributed by atoms with E-state index in [0.29, 0.717) is 0 Å². The maximum absolute atomic E-state index is 4.97. The highest BCUT2D eigenvalue weighted by Crippen LogP contribution is 2.35. The van der Waals surface area contributed by atoms with Crippen molar-refractivity contribution < 1.29 is 4.57 Å². The van der Waals surface area contributed by atoms with Crippen LogP contribution in [0.25, 0.3) is 22.2 Å². The van der Waals surface area contributed by atoms with E-state index in [4.69, 9.17) is 4.98 Å². The third-order valence-electron chi connectivity index (χ3n) is 4.33. The summed E-state index contributed by atoms with van der Waals surface area (Å²) in [5, 5.41) is 1.16. The van der Waals surface area contributed by atoms with Crippen molar-refractivity contribution in [2.75, 3.05) is 0 Å². The Bertz CT molecular complexity index is 1030. The molecule has 0 aliphatic heterocycles. The number of nitrogens with one attached hydrogen (secondary N) is 1. The van der Waals surface area contributed by atoms with Gasteiger partial charge in [-0.05, 0) is 6.07 Å². The number of para-hydroxylation sites is 1. The molecule has 3 heterocycles. The number of aromatic nitrogens is 4. The van der Waals surface area contributed by atoms with Gasteiger partial charge in [-0.2, -0.15) is 29.7 Å². The summed E-state index contributed by atoms with van der Waals surface area (Å²) < 4.78 is 2.05. The lowest BCUT2D eigenvalue weighted by Gasteiger charge is -2.29. The third-order valence-corrected chi connectivity index (χ3v) is 4.33. The van der Waals surface area contributed by atoms with E-state index >= 15 is 0 Å². The molecule has 1 aromatic carbocycles. The monoisotopic (exact) mass is 310 g/mol. The maximum atomic E-state index is 4.97. The van der Waals surface area contributed by atoms with E-state index in [-0.39, 0.29) is 0 Å². The van der Waals surface area contributed by atoms with Gasteiger partial charge >= 0.3 is 0 Å². The highest BCUT2D eigenvalue weighted by atomic mass is 15.1. The highest BCUT2D eigenvalue weighted by molar-refractivity contribution is 5.97. The number of fused-ring (bicyclic) bond motifs is 3. The molecule has 0 atom stereocenters. The smallest absolute Gasteiger partial charge is 0.182 e. The zero-order valence-corrected chi connectivity index (χ0v) is 12.8. The number of pyridine rings is 1. The van der Waals surface area contributed by atoms with Crippen LogP contribution in [0.4, 0.5) is 0 Å². The number of hydrogen-bond donors (Lipinski definition) is 1. The standard InChI is InChI=1S/C20H14N4/c1-2-10-22-17(8-1)16-7-3-5-14-15-6-4-9-18(20(15)23-19(14)16)24-12-11-21-13-24/h1-13,21H/q-2. The molecule has 0 radical (unpaired) electrons. The molecule has 0 spiro atoms. The highest BCUT2D eigenvalue weighted by Gasteiger charge is 2.12. The van der Waals surface area contributed by atoms with Gasteiger partial charge in [-0.1, -0.05) is 23.3 Å². The molecule has 0 unspecified atom stereocenters. The van der Waals surface area contributed by atoms with E-state index in [1.54, 1.807) is 0 Å². The van der Waals surface area contributed by atoms with Gasteiger partial charge in [0.25, 0.3) is 0 Å². The van der Waals surface area contributed by atoms with Crippen molar-refractivity contribution in [2.24, 2.45) is 0 Å². The van der Waals surface area contributed by atoms with Crippen molar-refractivity contribution in [1.29, 1.82) is 0 Å². The lowest BCUT2D eigenvalue weighted by molar-refractivity contribution is -0.644. The fraction of sp³-hybridized carbons (Fsp3) is 0. The maximum Gasteiger partial charge on any atom is 0.182 e. The van der Waals surface area contributed by atoms with Crippen molar-refractivity contribution >= 4 is 10.9 Å². The fourth-order valence-electron chi connectivity index (χ4n) is 3.24. The first-order valence-electron chi connectivity index (χ1n) is 7.86. The van der Waals surface area contributed by atoms with Gasteiger partial charge in [0, 0.05) is 17.9 Å². The first-order valence-corrected chi connectivity index (χ1v) is 7.86. The molecule has 4 heteroatoms. The number of rotatable bonds is 2. The van der Waals surface area contributed by atoms with E-state index in [1.165, 1.54) is 0 Å². The van der Waals surface area contributed by atoms with E-state index in [0.717, 1.165) is 39.5 Å². The molecular formula is C20H14N4-2. The molecule has 0 amide bonds. The second kappa shape index (κ2) is 5.06. The van der Waals surface area contributed by atoms with Crippen LogP contribution in [0.15, 0.2) is 73.5 Å². The van der Waals surface area contributed by atoms with Gasteiger partial charge in [-0.25, -0.2) is 6.42 Å². The molecule has 1 aliphatic rings. The number of nitrogens with zero attached hydrogens (tertiary/aromatic N) is 3. The Morgan fingerprint density at radius 2 is 2.17 bits per heavy atom. The lowest BCUT2D eigenvalue weighted by atomic mass is 9.96. The number of benzene rings is 1. The molecule has 4 nitrogen and oxygen atoms in total. The molecule has 5 rings (SSSR count). The average molecular weight is 310 g/mol. The predicted molar refractivity (Wildman–Crippen MR) is 91.8 cm³/mol. The van der Waals surface area contributed by atoms with Gasteiger partial charge in [-0.3, -0.25) is 15.5 Å². The second-order valence-corrected chi connectivity index (χ2v) is 5.72. The number of allylic oxidation sites excluding steroid dienone is 2. The molecule has 0 saturated heterocycles. The summed E-state index contributed by atoms with van der Waals surface area (Å²) in [5.41, 5.74) is 5.17. The lowest BCUT2D eigenvalue weighted by Crippen LogP contribution is -2.38. The molecule has 0 saturated carbocycles. The average Bonchev–Trinajstić information content (AvgIpc) is 3.29. The Hall–Kier alpha value is -3.40. The zero-order chi connectivity index (χ0) is 15.9. The molecule has 4 aromatic rings. The molecule has 116 valence electrons. The fourth-order valence-corrected chi connectivity index (χ4v) is 3.24. The van der Waals surface area contributed by atoms with Crippen LogP contribution in [-0.2, 0) is 0 Å². The van der Waals surface area contributed by atoms with Crippen LogP contribution in [-0.4, -0.2) is 15.0 Å². The number of H-pyrrole nitrogens is 1. The van der Waals surface area contributed by atoms with Crippen LogP contribution in [0.5, 0.6) is 0 Å². The molecule has 1 N–H and O–H groups in total. The summed E-state index contributed by atoms with van der Waals surface area (Å²) in [6.07, 6.45) is 13.9. The molecule has 0 bridgehead atoms. The Kier molecular flexibility index (Phi) is 2.76. The summed E-state index contributed by atoms with van der Waals surface area (Å²) in [7, 11) is 0. The normalized spacial score (nSPS) is 13.1. The SMILES string of the molecule is C1=C[C-]([n+]2cc[nH]c2)c2nc3c(-c4ccccn4)ccc[c-]3c2[CH-]1. The van der Waals surface area contributed by atoms with Crippen LogP contribution in [0.3, 0.4) is 0 Å². The molecule has 3 aromatic heterocycles. The Morgan fingerprint density at radius 1 is 1.17 bits per heavy atom. The van der Waals surface area contributed by atoms with E-state index in [9.17, 15) is 0 Å². The first kappa shape index (κ1) is 13.1. The Labute approximate surface area is 139 Å². The van der Waals surface area contributed by atoms with Gasteiger partial charge in [0.05, 0.1) is 12.4 Å². The third kappa shape index (κ3) is 1.86. The molecular weight excluding hydrogens is 296 g/mol. The van der Waals surface area contributed by atoms with Gasteiger partial charge in [0.1, 0.15) is 0 Å². The van der Waals surface area contributed by atoms with Crippen molar-refractivity contribution in [3.05, 3.63) is 97.2 Å². The van der Waals surface area contributed by atoms with Crippen LogP contribution in [0.2, 0.25) is 0 Å². The minimum atomic E-state index is 0.946. The van der Waals surface area contributed by atoms with Crippen molar-refractivity contribution in [3.63, 3.8) is 0 Å². The Balaban J connectivity index is 1.75. The topological polar surface area (TPSA) is 45.5 Å². The molecule has 24 heavy (non-hydrogen) atoms. The summed E-state index contributed by atoms with van der Waals surface area (Å²) in [4.78, 5) is 12.6. The van der Waals surface area contributed by atoms with Gasteiger partial charge in [0.2, 0.25) is 0 Å². The van der Waals surface area contributed by atoms with Crippen molar-refractivity contribution in [3.8, 4) is 11.3 Å². The summed E-state index contributed by atoms with van der Waals surface area (Å²) >= 11 is 0. The number of aromatic amines is 1. The summed E-state index contributed by atoms with van der Waals surface area (Å²) in [6, 6.07) is 13.3. The van der Waals surface area contributed by atoms with Crippen molar-refractivity contribution in [1.82, 2.24) is 15.0 Å². The van der Waals surface area contributed by atoms with E-state index in [1.807, 2.05) is 43.1 Å². The molecule has 0 fully saturated rings. The van der Waals surface area contributed by atoms with Crippen LogP contribution in [0.1, 0.15) is 11.3 Å². The zero-order valence-electron chi connectivity index (χ0n) is 12.8. The van der Waals surface area contributed by atoms with Crippen LogP contribution in [0, 0.1) is 12.5 Å². The minimum absolute atomic E-state index is 0.946. The van der Waals surface area contributed by atoms with Crippen molar-refractivity contribution in [2.45, 2.75) is 0 Å². The number of hydrogen-bond acceptors (Lipinski definition) is 2. The van der Waals surface area contributed by atoms with Crippen LogP contribution >= 0.6 is 0 Å². The van der Waals surface area contributed by atoms with E-state index < -0.39 is 0 Å². The van der Waals surface area contributed by atoms with Gasteiger partial charge in [0.15, 0.2) is 6.33 Å². The first-order chi connectivity index (χ1) is 11.9. The van der Waals surface area contributed by atoms with E-state index in [2.05, 4.69) is 51.3 Å². The quantitative estimate of drug-likeness (QED) is 0.456.